The Bertz CT molecular complexity index is 1200. The van der Waals surface area contributed by atoms with E-state index >= 15 is 0 Å². The maximum atomic E-state index is 13.7. The zero-order valence-electron chi connectivity index (χ0n) is 17.6. The van der Waals surface area contributed by atoms with Gasteiger partial charge in [-0.25, -0.2) is 4.39 Å². The zero-order valence-corrected chi connectivity index (χ0v) is 17.6. The molecular formula is C26H25FN4. The van der Waals surface area contributed by atoms with Crippen LogP contribution in [0.4, 0.5) is 21.5 Å². The molecule has 0 radical (unpaired) electrons. The number of aromatic nitrogens is 1. The average Bonchev–Trinajstić information content (AvgIpc) is 2.80. The molecule has 0 saturated carbocycles. The van der Waals surface area contributed by atoms with E-state index in [9.17, 15) is 4.39 Å². The molecule has 2 heterocycles. The standard InChI is InChI=1S/C26H25FN4/c1-30-13-15-31(16-14-30)23-8-6-22(7-9-23)29-26-11-12-28-25-10-5-20(18-24(25)26)19-3-2-4-21(27)17-19/h2-12,17-18H,13-16H2,1H3,(H,28,29). The Morgan fingerprint density at radius 3 is 2.39 bits per heavy atom. The zero-order chi connectivity index (χ0) is 21.2. The third-order valence-electron chi connectivity index (χ3n) is 5.91. The van der Waals surface area contributed by atoms with Gasteiger partial charge >= 0.3 is 0 Å². The second-order valence-electron chi connectivity index (χ2n) is 8.06. The van der Waals surface area contributed by atoms with Crippen molar-refractivity contribution in [1.29, 1.82) is 0 Å². The fraction of sp³-hybridized carbons (Fsp3) is 0.192. The highest BCUT2D eigenvalue weighted by Gasteiger charge is 2.14. The molecular weight excluding hydrogens is 387 g/mol. The van der Waals surface area contributed by atoms with E-state index in [4.69, 9.17) is 0 Å². The third-order valence-corrected chi connectivity index (χ3v) is 5.91. The number of halogens is 1. The Kier molecular flexibility index (Phi) is 5.26. The van der Waals surface area contributed by atoms with Crippen molar-refractivity contribution in [2.75, 3.05) is 43.4 Å². The van der Waals surface area contributed by atoms with Gasteiger partial charge in [0.1, 0.15) is 5.82 Å². The van der Waals surface area contributed by atoms with Gasteiger partial charge in [-0.1, -0.05) is 18.2 Å². The van der Waals surface area contributed by atoms with Crippen LogP contribution in [-0.4, -0.2) is 43.1 Å². The number of hydrogen-bond donors (Lipinski definition) is 1. The summed E-state index contributed by atoms with van der Waals surface area (Å²) in [6.07, 6.45) is 1.81. The molecule has 4 aromatic rings. The first kappa shape index (κ1) is 19.5. The van der Waals surface area contributed by atoms with Crippen molar-refractivity contribution in [2.45, 2.75) is 0 Å². The lowest BCUT2D eigenvalue weighted by molar-refractivity contribution is 0.313. The molecule has 0 aliphatic carbocycles. The number of nitrogens with one attached hydrogen (secondary N) is 1. The number of fused-ring (bicyclic) bond motifs is 1. The normalized spacial score (nSPS) is 14.7. The first-order chi connectivity index (χ1) is 15.2. The first-order valence-corrected chi connectivity index (χ1v) is 10.6. The topological polar surface area (TPSA) is 31.4 Å². The van der Waals surface area contributed by atoms with Crippen LogP contribution in [0, 0.1) is 5.82 Å². The van der Waals surface area contributed by atoms with Crippen molar-refractivity contribution in [3.8, 4) is 11.1 Å². The van der Waals surface area contributed by atoms with Crippen LogP contribution in [0.3, 0.4) is 0 Å². The molecule has 4 nitrogen and oxygen atoms in total. The van der Waals surface area contributed by atoms with Crippen molar-refractivity contribution >= 4 is 28.0 Å². The molecule has 5 rings (SSSR count). The van der Waals surface area contributed by atoms with Crippen molar-refractivity contribution < 1.29 is 4.39 Å². The van der Waals surface area contributed by atoms with E-state index in [-0.39, 0.29) is 5.82 Å². The van der Waals surface area contributed by atoms with Gasteiger partial charge in [-0.05, 0) is 72.8 Å². The Morgan fingerprint density at radius 1 is 0.839 bits per heavy atom. The van der Waals surface area contributed by atoms with Crippen LogP contribution in [0.15, 0.2) is 79.0 Å². The number of rotatable bonds is 4. The van der Waals surface area contributed by atoms with E-state index in [0.717, 1.165) is 59.6 Å². The Labute approximate surface area is 182 Å². The molecule has 5 heteroatoms. The first-order valence-electron chi connectivity index (χ1n) is 10.6. The molecule has 1 aromatic heterocycles. The van der Waals surface area contributed by atoms with Crippen LogP contribution in [0.25, 0.3) is 22.0 Å². The molecule has 1 aliphatic heterocycles. The van der Waals surface area contributed by atoms with Crippen molar-refractivity contribution in [1.82, 2.24) is 9.88 Å². The SMILES string of the molecule is CN1CCN(c2ccc(Nc3ccnc4ccc(-c5cccc(F)c5)cc34)cc2)CC1. The maximum absolute atomic E-state index is 13.7. The predicted molar refractivity (Wildman–Crippen MR) is 127 cm³/mol. The van der Waals surface area contributed by atoms with Gasteiger partial charge in [-0.15, -0.1) is 0 Å². The number of nitrogens with zero attached hydrogens (tertiary/aromatic N) is 3. The van der Waals surface area contributed by atoms with Crippen LogP contribution in [-0.2, 0) is 0 Å². The third kappa shape index (κ3) is 4.23. The average molecular weight is 413 g/mol. The number of anilines is 3. The summed E-state index contributed by atoms with van der Waals surface area (Å²) in [7, 11) is 2.17. The summed E-state index contributed by atoms with van der Waals surface area (Å²) in [5.74, 6) is -0.234. The molecule has 1 fully saturated rings. The molecule has 0 bridgehead atoms. The largest absolute Gasteiger partial charge is 0.369 e. The lowest BCUT2D eigenvalue weighted by Crippen LogP contribution is -2.44. The molecule has 1 N–H and O–H groups in total. The van der Waals surface area contributed by atoms with E-state index in [1.807, 2.05) is 30.5 Å². The molecule has 0 amide bonds. The van der Waals surface area contributed by atoms with Gasteiger partial charge in [0.05, 0.1) is 5.52 Å². The lowest BCUT2D eigenvalue weighted by atomic mass is 10.0. The molecule has 0 atom stereocenters. The molecule has 156 valence electrons. The summed E-state index contributed by atoms with van der Waals surface area (Å²) >= 11 is 0. The number of likely N-dealkylation sites (N-methyl/N-ethyl adjacent to an activating group) is 1. The molecule has 1 aliphatic rings. The van der Waals surface area contributed by atoms with Gasteiger partial charge in [0.25, 0.3) is 0 Å². The fourth-order valence-corrected chi connectivity index (χ4v) is 4.08. The van der Waals surface area contributed by atoms with Gasteiger partial charge < -0.3 is 15.1 Å². The fourth-order valence-electron chi connectivity index (χ4n) is 4.08. The van der Waals surface area contributed by atoms with Gasteiger partial charge in [0.15, 0.2) is 0 Å². The second-order valence-corrected chi connectivity index (χ2v) is 8.06. The van der Waals surface area contributed by atoms with E-state index in [1.165, 1.54) is 11.8 Å². The van der Waals surface area contributed by atoms with Gasteiger partial charge in [0.2, 0.25) is 0 Å². The van der Waals surface area contributed by atoms with Crippen LogP contribution >= 0.6 is 0 Å². The predicted octanol–water partition coefficient (Wildman–Crippen LogP) is 5.54. The smallest absolute Gasteiger partial charge is 0.123 e. The van der Waals surface area contributed by atoms with Crippen molar-refractivity contribution in [3.05, 3.63) is 84.8 Å². The summed E-state index contributed by atoms with van der Waals surface area (Å²) in [5.41, 5.74) is 5.99. The summed E-state index contributed by atoms with van der Waals surface area (Å²) in [4.78, 5) is 9.28. The van der Waals surface area contributed by atoms with Crippen molar-refractivity contribution in [2.24, 2.45) is 0 Å². The van der Waals surface area contributed by atoms with Crippen LogP contribution < -0.4 is 10.2 Å². The molecule has 1 saturated heterocycles. The van der Waals surface area contributed by atoms with E-state index in [2.05, 4.69) is 57.5 Å². The van der Waals surface area contributed by atoms with Crippen LogP contribution in [0.2, 0.25) is 0 Å². The highest BCUT2D eigenvalue weighted by molar-refractivity contribution is 5.95. The highest BCUT2D eigenvalue weighted by Crippen LogP contribution is 2.30. The molecule has 31 heavy (non-hydrogen) atoms. The van der Waals surface area contributed by atoms with Gasteiger partial charge in [0, 0.05) is 54.8 Å². The number of pyridine rings is 1. The molecule has 0 spiro atoms. The van der Waals surface area contributed by atoms with E-state index in [1.54, 1.807) is 12.1 Å². The van der Waals surface area contributed by atoms with Gasteiger partial charge in [-0.3, -0.25) is 4.98 Å². The molecule has 3 aromatic carbocycles. The Morgan fingerprint density at radius 2 is 1.61 bits per heavy atom. The minimum atomic E-state index is -0.234. The summed E-state index contributed by atoms with van der Waals surface area (Å²) < 4.78 is 13.7. The second kappa shape index (κ2) is 8.36. The summed E-state index contributed by atoms with van der Waals surface area (Å²) in [6.45, 7) is 4.30. The minimum absolute atomic E-state index is 0.234. The lowest BCUT2D eigenvalue weighted by Gasteiger charge is -2.34. The maximum Gasteiger partial charge on any atom is 0.123 e. The number of benzene rings is 3. The van der Waals surface area contributed by atoms with E-state index < -0.39 is 0 Å². The monoisotopic (exact) mass is 412 g/mol. The van der Waals surface area contributed by atoms with Crippen LogP contribution in [0.5, 0.6) is 0 Å². The Hall–Kier alpha value is -3.44. The van der Waals surface area contributed by atoms with Crippen molar-refractivity contribution in [3.63, 3.8) is 0 Å². The number of hydrogen-bond acceptors (Lipinski definition) is 4. The highest BCUT2D eigenvalue weighted by atomic mass is 19.1. The van der Waals surface area contributed by atoms with E-state index in [0.29, 0.717) is 0 Å². The minimum Gasteiger partial charge on any atom is -0.369 e. The van der Waals surface area contributed by atoms with Gasteiger partial charge in [-0.2, -0.15) is 0 Å². The molecule has 0 unspecified atom stereocenters. The summed E-state index contributed by atoms with van der Waals surface area (Å²) in [6, 6.07) is 23.3. The quantitative estimate of drug-likeness (QED) is 0.477. The summed E-state index contributed by atoms with van der Waals surface area (Å²) in [5, 5.41) is 4.54. The van der Waals surface area contributed by atoms with Crippen LogP contribution in [0.1, 0.15) is 0 Å². The number of piperazine rings is 1. The Balaban J connectivity index is 1.41.